The van der Waals surface area contributed by atoms with E-state index in [2.05, 4.69) is 32.1 Å². The van der Waals surface area contributed by atoms with Crippen LogP contribution >= 0.6 is 0 Å². The molecule has 18 heavy (non-hydrogen) atoms. The lowest BCUT2D eigenvalue weighted by atomic mass is 10.00. The molecule has 0 saturated carbocycles. The fraction of sp³-hybridized carbons (Fsp3) is 0.688. The first-order valence-electron chi connectivity index (χ1n) is 7.31. The third kappa shape index (κ3) is 3.04. The Morgan fingerprint density at radius 2 is 2.28 bits per heavy atom. The van der Waals surface area contributed by atoms with Crippen LogP contribution in [0.1, 0.15) is 46.0 Å². The fourth-order valence-corrected chi connectivity index (χ4v) is 2.83. The van der Waals surface area contributed by atoms with Gasteiger partial charge in [0.05, 0.1) is 6.61 Å². The van der Waals surface area contributed by atoms with Gasteiger partial charge in [-0.2, -0.15) is 0 Å². The summed E-state index contributed by atoms with van der Waals surface area (Å²) in [5, 5.41) is 0. The Labute approximate surface area is 110 Å². The van der Waals surface area contributed by atoms with E-state index < -0.39 is 0 Å². The van der Waals surface area contributed by atoms with E-state index in [1.807, 2.05) is 0 Å². The molecule has 0 aromatic heterocycles. The molecule has 100 valence electrons. The second-order valence-electron chi connectivity index (χ2n) is 5.53. The Hall–Kier alpha value is -1.05. The van der Waals surface area contributed by atoms with Crippen LogP contribution in [0.3, 0.4) is 0 Å². The summed E-state index contributed by atoms with van der Waals surface area (Å²) >= 11 is 0. The highest BCUT2D eigenvalue weighted by atomic mass is 16.5. The number of ether oxygens (including phenoxy) is 1. The maximum atomic E-state index is 12.0. The molecule has 3 unspecified atom stereocenters. The highest BCUT2D eigenvalue weighted by Gasteiger charge is 2.32. The van der Waals surface area contributed by atoms with E-state index >= 15 is 0 Å². The van der Waals surface area contributed by atoms with Gasteiger partial charge in [0.25, 0.3) is 0 Å². The van der Waals surface area contributed by atoms with Crippen molar-refractivity contribution in [2.75, 3.05) is 6.61 Å². The molecule has 2 bridgehead atoms. The summed E-state index contributed by atoms with van der Waals surface area (Å²) in [7, 11) is 0. The van der Waals surface area contributed by atoms with E-state index in [9.17, 15) is 4.79 Å². The van der Waals surface area contributed by atoms with E-state index in [4.69, 9.17) is 4.74 Å². The minimum absolute atomic E-state index is 0.0817. The van der Waals surface area contributed by atoms with Crippen molar-refractivity contribution in [1.29, 1.82) is 0 Å². The smallest absolute Gasteiger partial charge is 0.334 e. The molecule has 2 aliphatic rings. The van der Waals surface area contributed by atoms with Crippen molar-refractivity contribution in [2.45, 2.75) is 46.0 Å². The van der Waals surface area contributed by atoms with Crippen molar-refractivity contribution in [3.8, 4) is 0 Å². The zero-order valence-electron chi connectivity index (χ0n) is 11.5. The van der Waals surface area contributed by atoms with Gasteiger partial charge in [-0.25, -0.2) is 4.79 Å². The van der Waals surface area contributed by atoms with Crippen LogP contribution in [-0.4, -0.2) is 12.6 Å². The first-order valence-corrected chi connectivity index (χ1v) is 7.31. The largest absolute Gasteiger partial charge is 0.462 e. The van der Waals surface area contributed by atoms with E-state index in [1.165, 1.54) is 19.3 Å². The summed E-state index contributed by atoms with van der Waals surface area (Å²) in [5.41, 5.74) is 0.896. The molecular weight excluding hydrogens is 224 g/mol. The molecule has 0 aliphatic heterocycles. The Morgan fingerprint density at radius 1 is 1.44 bits per heavy atom. The second kappa shape index (κ2) is 6.21. The third-order valence-electron chi connectivity index (χ3n) is 4.14. The molecule has 0 amide bonds. The number of allylic oxidation sites excluding steroid dienone is 3. The first kappa shape index (κ1) is 13.4. The number of carbonyl (C=O) groups excluding carboxylic acids is 1. The SMILES string of the molecule is CCCCC(CC)COC(=O)C1=CC2C=CC1C2. The number of unbranched alkanes of at least 4 members (excludes halogenated alkanes) is 1. The number of esters is 1. The topological polar surface area (TPSA) is 26.3 Å². The van der Waals surface area contributed by atoms with Crippen LogP contribution in [0.15, 0.2) is 23.8 Å². The molecule has 0 radical (unpaired) electrons. The molecule has 2 rings (SSSR count). The molecule has 0 aromatic rings. The minimum Gasteiger partial charge on any atom is -0.462 e. The molecule has 0 heterocycles. The molecule has 0 aromatic carbocycles. The predicted molar refractivity (Wildman–Crippen MR) is 73.1 cm³/mol. The molecule has 0 saturated heterocycles. The number of hydrogen-bond acceptors (Lipinski definition) is 2. The number of hydrogen-bond donors (Lipinski definition) is 0. The van der Waals surface area contributed by atoms with Crippen molar-refractivity contribution in [2.24, 2.45) is 17.8 Å². The van der Waals surface area contributed by atoms with Gasteiger partial charge in [0.15, 0.2) is 0 Å². The molecular formula is C16H24O2. The minimum atomic E-state index is -0.0817. The maximum Gasteiger partial charge on any atom is 0.334 e. The van der Waals surface area contributed by atoms with Gasteiger partial charge >= 0.3 is 5.97 Å². The normalized spacial score (nSPS) is 26.2. The Balaban J connectivity index is 1.76. The summed E-state index contributed by atoms with van der Waals surface area (Å²) in [6.07, 6.45) is 12.2. The van der Waals surface area contributed by atoms with Gasteiger partial charge in [0.1, 0.15) is 0 Å². The molecule has 2 heteroatoms. The maximum absolute atomic E-state index is 12.0. The fourth-order valence-electron chi connectivity index (χ4n) is 2.83. The van der Waals surface area contributed by atoms with E-state index in [0.717, 1.165) is 18.4 Å². The Bertz CT molecular complexity index is 354. The lowest BCUT2D eigenvalue weighted by molar-refractivity contribution is -0.140. The summed E-state index contributed by atoms with van der Waals surface area (Å²) in [4.78, 5) is 12.0. The van der Waals surface area contributed by atoms with Crippen molar-refractivity contribution in [1.82, 2.24) is 0 Å². The van der Waals surface area contributed by atoms with Crippen LogP contribution < -0.4 is 0 Å². The van der Waals surface area contributed by atoms with Crippen LogP contribution in [0, 0.1) is 17.8 Å². The Morgan fingerprint density at radius 3 is 2.83 bits per heavy atom. The van der Waals surface area contributed by atoms with E-state index in [-0.39, 0.29) is 5.97 Å². The first-order chi connectivity index (χ1) is 8.74. The second-order valence-corrected chi connectivity index (χ2v) is 5.53. The molecule has 0 spiro atoms. The Kier molecular flexibility index (Phi) is 4.62. The molecule has 0 N–H and O–H groups in total. The van der Waals surface area contributed by atoms with Crippen LogP contribution in [0.4, 0.5) is 0 Å². The van der Waals surface area contributed by atoms with E-state index in [0.29, 0.717) is 24.4 Å². The molecule has 0 fully saturated rings. The van der Waals surface area contributed by atoms with Crippen LogP contribution in [0.25, 0.3) is 0 Å². The zero-order chi connectivity index (χ0) is 13.0. The van der Waals surface area contributed by atoms with Crippen LogP contribution in [0.2, 0.25) is 0 Å². The van der Waals surface area contributed by atoms with Gasteiger partial charge in [0, 0.05) is 11.5 Å². The summed E-state index contributed by atoms with van der Waals surface area (Å²) < 4.78 is 5.49. The molecule has 2 nitrogen and oxygen atoms in total. The highest BCUT2D eigenvalue weighted by molar-refractivity contribution is 5.90. The quantitative estimate of drug-likeness (QED) is 0.505. The van der Waals surface area contributed by atoms with Gasteiger partial charge in [-0.15, -0.1) is 0 Å². The van der Waals surface area contributed by atoms with Crippen LogP contribution in [-0.2, 0) is 9.53 Å². The van der Waals surface area contributed by atoms with E-state index in [1.54, 1.807) is 0 Å². The zero-order valence-corrected chi connectivity index (χ0v) is 11.5. The standard InChI is InChI=1S/C16H24O2/c1-3-5-6-12(4-2)11-18-16(17)15-10-13-7-8-14(15)9-13/h7-8,10,12-14H,3-6,9,11H2,1-2H3. The molecule has 2 aliphatic carbocycles. The van der Waals surface area contributed by atoms with Gasteiger partial charge < -0.3 is 4.74 Å². The van der Waals surface area contributed by atoms with Gasteiger partial charge in [0.2, 0.25) is 0 Å². The lowest BCUT2D eigenvalue weighted by Gasteiger charge is -2.16. The van der Waals surface area contributed by atoms with Crippen molar-refractivity contribution >= 4 is 5.97 Å². The third-order valence-corrected chi connectivity index (χ3v) is 4.14. The highest BCUT2D eigenvalue weighted by Crippen LogP contribution is 2.38. The van der Waals surface area contributed by atoms with Crippen molar-refractivity contribution in [3.05, 3.63) is 23.8 Å². The van der Waals surface area contributed by atoms with Gasteiger partial charge in [-0.05, 0) is 24.7 Å². The van der Waals surface area contributed by atoms with Gasteiger partial charge in [-0.3, -0.25) is 0 Å². The molecule has 3 atom stereocenters. The number of rotatable bonds is 7. The summed E-state index contributed by atoms with van der Waals surface area (Å²) in [6, 6.07) is 0. The van der Waals surface area contributed by atoms with Crippen molar-refractivity contribution < 1.29 is 9.53 Å². The average molecular weight is 248 g/mol. The summed E-state index contributed by atoms with van der Waals surface area (Å²) in [5.74, 6) is 1.27. The lowest BCUT2D eigenvalue weighted by Crippen LogP contribution is -2.17. The number of fused-ring (bicyclic) bond motifs is 2. The predicted octanol–water partition coefficient (Wildman–Crippen LogP) is 3.88. The summed E-state index contributed by atoms with van der Waals surface area (Å²) in [6.45, 7) is 4.96. The van der Waals surface area contributed by atoms with Crippen LogP contribution in [0.5, 0.6) is 0 Å². The number of carbonyl (C=O) groups is 1. The monoisotopic (exact) mass is 248 g/mol. The van der Waals surface area contributed by atoms with Crippen molar-refractivity contribution in [3.63, 3.8) is 0 Å². The van der Waals surface area contributed by atoms with Gasteiger partial charge in [-0.1, -0.05) is 51.3 Å². The average Bonchev–Trinajstić information content (AvgIpc) is 3.01.